The number of rotatable bonds is 10. The number of hydrogen-bond acceptors (Lipinski definition) is 8. The molecule has 2 aliphatic rings. The maximum atomic E-state index is 15.6. The summed E-state index contributed by atoms with van der Waals surface area (Å²) in [6, 6.07) is 2.74. The molecule has 1 aromatic carbocycles. The van der Waals surface area contributed by atoms with E-state index in [9.17, 15) is 24.0 Å². The highest BCUT2D eigenvalue weighted by Gasteiger charge is 2.37. The van der Waals surface area contributed by atoms with Crippen LogP contribution in [0.25, 0.3) is 5.69 Å². The number of esters is 2. The van der Waals surface area contributed by atoms with Gasteiger partial charge in [0.25, 0.3) is 5.91 Å². The van der Waals surface area contributed by atoms with E-state index in [1.165, 1.54) is 11.6 Å². The lowest BCUT2D eigenvalue weighted by molar-refractivity contribution is -0.873. The van der Waals surface area contributed by atoms with Crippen molar-refractivity contribution in [2.75, 3.05) is 34.2 Å². The monoisotopic (exact) mass is 677 g/mol. The summed E-state index contributed by atoms with van der Waals surface area (Å²) >= 11 is 0. The number of nitrogens with one attached hydrogen (secondary N) is 1. The molecule has 3 unspecified atom stereocenters. The van der Waals surface area contributed by atoms with Crippen LogP contribution in [0.4, 0.5) is 4.39 Å². The van der Waals surface area contributed by atoms with Gasteiger partial charge in [0, 0.05) is 38.3 Å². The standard InChI is InChI=1S/C33H44FN5O7.ClH/c1-18-29-26(15-33(3,4)16-27(29)41)38(37-18)22-11-20(30(31(35)43)25(34)13-22)10-21-12-23(8-9-36-32(21)44)46-28(42)14-24(45-19(2)40)17-39(5,6)7;/h11,13,21,23-24H,8-10,12,14-17H2,1-7H3,(H2-,35,36,43,44);1H. The number of ether oxygens (including phenoxy) is 2. The minimum Gasteiger partial charge on any atom is -1.00 e. The number of benzene rings is 1. The third kappa shape index (κ3) is 9.38. The van der Waals surface area contributed by atoms with Crippen LogP contribution in [0.5, 0.6) is 0 Å². The van der Waals surface area contributed by atoms with Gasteiger partial charge in [0.1, 0.15) is 18.5 Å². The number of aryl methyl sites for hydroxylation is 1. The van der Waals surface area contributed by atoms with Gasteiger partial charge in [-0.2, -0.15) is 5.10 Å². The van der Waals surface area contributed by atoms with Gasteiger partial charge in [0.15, 0.2) is 11.9 Å². The van der Waals surface area contributed by atoms with E-state index >= 15 is 4.39 Å². The van der Waals surface area contributed by atoms with Gasteiger partial charge in [-0.3, -0.25) is 24.0 Å². The molecule has 1 aromatic heterocycles. The van der Waals surface area contributed by atoms with Gasteiger partial charge in [0.2, 0.25) is 5.91 Å². The number of carbonyl (C=O) groups is 5. The van der Waals surface area contributed by atoms with Crippen molar-refractivity contribution in [2.45, 2.75) is 78.4 Å². The second-order valence-corrected chi connectivity index (χ2v) is 14.3. The summed E-state index contributed by atoms with van der Waals surface area (Å²) in [6.45, 7) is 7.62. The van der Waals surface area contributed by atoms with Crippen LogP contribution in [0.2, 0.25) is 0 Å². The van der Waals surface area contributed by atoms with Crippen LogP contribution in [0.3, 0.4) is 0 Å². The van der Waals surface area contributed by atoms with E-state index in [4.69, 9.17) is 15.2 Å². The Morgan fingerprint density at radius 1 is 1.19 bits per heavy atom. The van der Waals surface area contributed by atoms with E-state index in [0.717, 1.165) is 6.07 Å². The van der Waals surface area contributed by atoms with Crippen LogP contribution in [0, 0.1) is 24.1 Å². The van der Waals surface area contributed by atoms with Crippen molar-refractivity contribution in [3.05, 3.63) is 46.0 Å². The van der Waals surface area contributed by atoms with Crippen molar-refractivity contribution in [1.29, 1.82) is 0 Å². The number of hydrogen-bond donors (Lipinski definition) is 2. The Balaban J connectivity index is 0.00000600. The van der Waals surface area contributed by atoms with Crippen molar-refractivity contribution in [3.63, 3.8) is 0 Å². The van der Waals surface area contributed by atoms with Gasteiger partial charge >= 0.3 is 11.9 Å². The Morgan fingerprint density at radius 3 is 2.49 bits per heavy atom. The van der Waals surface area contributed by atoms with Crippen LogP contribution in [-0.2, 0) is 36.7 Å². The van der Waals surface area contributed by atoms with Gasteiger partial charge in [-0.05, 0) is 43.2 Å². The van der Waals surface area contributed by atoms with Crippen LogP contribution >= 0.6 is 0 Å². The number of fused-ring (bicyclic) bond motifs is 1. The fourth-order valence-electron chi connectivity index (χ4n) is 6.56. The molecule has 1 aliphatic carbocycles. The highest BCUT2D eigenvalue weighted by atomic mass is 35.5. The lowest BCUT2D eigenvalue weighted by Gasteiger charge is -2.29. The van der Waals surface area contributed by atoms with Gasteiger partial charge in [-0.1, -0.05) is 13.8 Å². The number of nitrogens with zero attached hydrogens (tertiary/aromatic N) is 3. The van der Waals surface area contributed by atoms with Crippen molar-refractivity contribution < 1.29 is 54.7 Å². The number of carbonyl (C=O) groups excluding carboxylic acids is 5. The first-order valence-corrected chi connectivity index (χ1v) is 15.5. The molecule has 0 saturated carbocycles. The zero-order valence-electron chi connectivity index (χ0n) is 28.1. The quantitative estimate of drug-likeness (QED) is 0.254. The van der Waals surface area contributed by atoms with Crippen LogP contribution < -0.4 is 23.5 Å². The summed E-state index contributed by atoms with van der Waals surface area (Å²) in [7, 11) is 5.74. The number of amides is 2. The Kier molecular flexibility index (Phi) is 11.6. The highest BCUT2D eigenvalue weighted by molar-refractivity contribution is 6.00. The zero-order chi connectivity index (χ0) is 34.1. The topological polar surface area (TPSA) is 160 Å². The molecule has 0 bridgehead atoms. The number of nitrogens with two attached hydrogens (primary N) is 1. The average molecular weight is 678 g/mol. The molecule has 47 heavy (non-hydrogen) atoms. The summed E-state index contributed by atoms with van der Waals surface area (Å²) in [6.07, 6.45) is -0.179. The normalized spacial score (nSPS) is 19.8. The molecule has 1 fully saturated rings. The van der Waals surface area contributed by atoms with E-state index in [2.05, 4.69) is 10.4 Å². The first kappa shape index (κ1) is 37.6. The van der Waals surface area contributed by atoms with Gasteiger partial charge < -0.3 is 37.4 Å². The first-order chi connectivity index (χ1) is 21.3. The molecule has 2 aromatic rings. The molecular weight excluding hydrogens is 633 g/mol. The Labute approximate surface area is 280 Å². The van der Waals surface area contributed by atoms with Crippen LogP contribution in [0.15, 0.2) is 12.1 Å². The number of quaternary nitrogens is 1. The summed E-state index contributed by atoms with van der Waals surface area (Å²) < 4.78 is 28.7. The number of ketones is 1. The highest BCUT2D eigenvalue weighted by Crippen LogP contribution is 2.37. The number of Topliss-reactive ketones (excluding diaryl/α,β-unsaturated/α-hetero) is 1. The van der Waals surface area contributed by atoms with E-state index < -0.39 is 41.8 Å². The van der Waals surface area contributed by atoms with E-state index in [0.29, 0.717) is 52.9 Å². The van der Waals surface area contributed by atoms with Crippen molar-refractivity contribution in [1.82, 2.24) is 15.1 Å². The molecule has 258 valence electrons. The van der Waals surface area contributed by atoms with E-state index in [-0.39, 0.29) is 66.4 Å². The summed E-state index contributed by atoms with van der Waals surface area (Å²) in [5, 5.41) is 7.38. The Hall–Kier alpha value is -3.84. The van der Waals surface area contributed by atoms with Gasteiger partial charge in [-0.25, -0.2) is 9.07 Å². The largest absolute Gasteiger partial charge is 1.00 e. The maximum Gasteiger partial charge on any atom is 0.310 e. The van der Waals surface area contributed by atoms with Gasteiger partial charge in [-0.15, -0.1) is 0 Å². The SMILES string of the molecule is CC(=O)OC(CC(=O)OC1CCNC(=O)C(Cc2cc(-n3nc(C)c4c3CC(C)(C)CC4=O)cc(F)c2C(N)=O)C1)C[N+](C)(C)C.[Cl-]. The Bertz CT molecular complexity index is 1570. The molecule has 3 N–H and O–H groups in total. The minimum atomic E-state index is -0.986. The van der Waals surface area contributed by atoms with E-state index in [1.807, 2.05) is 35.0 Å². The fraction of sp³-hybridized carbons (Fsp3) is 0.576. The number of primary amides is 1. The van der Waals surface area contributed by atoms with Crippen LogP contribution in [0.1, 0.15) is 84.1 Å². The van der Waals surface area contributed by atoms with Gasteiger partial charge in [0.05, 0.1) is 55.8 Å². The summed E-state index contributed by atoms with van der Waals surface area (Å²) in [4.78, 5) is 63.1. The molecule has 0 spiro atoms. The molecule has 1 aliphatic heterocycles. The van der Waals surface area contributed by atoms with Crippen molar-refractivity contribution in [2.24, 2.45) is 17.1 Å². The molecule has 1 saturated heterocycles. The molecular formula is C33H45ClFN5O7. The van der Waals surface area contributed by atoms with Crippen molar-refractivity contribution in [3.8, 4) is 5.69 Å². The lowest BCUT2D eigenvalue weighted by Crippen LogP contribution is -3.00. The predicted molar refractivity (Wildman–Crippen MR) is 166 cm³/mol. The van der Waals surface area contributed by atoms with Crippen molar-refractivity contribution >= 4 is 29.5 Å². The predicted octanol–water partition coefficient (Wildman–Crippen LogP) is -0.414. The first-order valence-electron chi connectivity index (χ1n) is 15.5. The second kappa shape index (κ2) is 14.5. The fourth-order valence-corrected chi connectivity index (χ4v) is 6.56. The average Bonchev–Trinajstić information content (AvgIpc) is 3.10. The molecule has 14 heteroatoms. The number of likely N-dealkylation sites (N-methyl/N-ethyl adjacent to an activating group) is 1. The summed E-state index contributed by atoms with van der Waals surface area (Å²) in [5.74, 6) is -4.07. The third-order valence-electron chi connectivity index (χ3n) is 8.29. The third-order valence-corrected chi connectivity index (χ3v) is 8.29. The number of halogens is 2. The maximum absolute atomic E-state index is 15.6. The van der Waals surface area contributed by atoms with E-state index in [1.54, 1.807) is 13.0 Å². The minimum absolute atomic E-state index is 0. The van der Waals surface area contributed by atoms with Crippen LogP contribution in [-0.4, -0.2) is 90.2 Å². The molecule has 2 amide bonds. The molecule has 2 heterocycles. The zero-order valence-corrected chi connectivity index (χ0v) is 28.8. The Morgan fingerprint density at radius 2 is 1.87 bits per heavy atom. The molecule has 12 nitrogen and oxygen atoms in total. The number of aromatic nitrogens is 2. The molecule has 4 rings (SSSR count). The smallest absolute Gasteiger partial charge is 0.310 e. The molecule has 3 atom stereocenters. The molecule has 0 radical (unpaired) electrons. The summed E-state index contributed by atoms with van der Waals surface area (Å²) in [5.41, 5.74) is 7.16. The second-order valence-electron chi connectivity index (χ2n) is 14.3. The lowest BCUT2D eigenvalue weighted by atomic mass is 9.75.